The van der Waals surface area contributed by atoms with Gasteiger partial charge in [-0.05, 0) is 0 Å². The minimum atomic E-state index is -0.387. The minimum absolute atomic E-state index is 0.0153. The molecule has 0 aromatic heterocycles. The summed E-state index contributed by atoms with van der Waals surface area (Å²) in [6, 6.07) is -0.109. The quantitative estimate of drug-likeness (QED) is 0.407. The van der Waals surface area contributed by atoms with Crippen molar-refractivity contribution < 1.29 is 14.9 Å². The van der Waals surface area contributed by atoms with E-state index in [4.69, 9.17) is 14.9 Å². The second kappa shape index (κ2) is 2.69. The van der Waals surface area contributed by atoms with Crippen molar-refractivity contribution in [3.63, 3.8) is 0 Å². The van der Waals surface area contributed by atoms with Crippen LogP contribution in [0.4, 0.5) is 0 Å². The Kier molecular flexibility index (Phi) is 2.11. The Morgan fingerprint density at radius 3 is 2.56 bits per heavy atom. The molecule has 0 aliphatic carbocycles. The summed E-state index contributed by atoms with van der Waals surface area (Å²) in [5.74, 6) is 0. The van der Waals surface area contributed by atoms with E-state index >= 15 is 0 Å². The van der Waals surface area contributed by atoms with Gasteiger partial charge in [0.1, 0.15) is 7.85 Å². The van der Waals surface area contributed by atoms with Crippen LogP contribution < -0.4 is 0 Å². The lowest BCUT2D eigenvalue weighted by Gasteiger charge is -2.06. The molecule has 4 heteroatoms. The summed E-state index contributed by atoms with van der Waals surface area (Å²) >= 11 is 0. The van der Waals surface area contributed by atoms with Crippen LogP contribution in [0.25, 0.3) is 0 Å². The van der Waals surface area contributed by atoms with E-state index in [0.29, 0.717) is 6.42 Å². The number of ether oxygens (including phenoxy) is 1. The summed E-state index contributed by atoms with van der Waals surface area (Å²) in [5.41, 5.74) is 0. The van der Waals surface area contributed by atoms with Gasteiger partial charge in [0.2, 0.25) is 0 Å². The maximum absolute atomic E-state index is 9.06. The number of aliphatic hydroxyl groups excluding tert-OH is 2. The van der Waals surface area contributed by atoms with Crippen molar-refractivity contribution in [1.29, 1.82) is 0 Å². The average molecular weight is 130 g/mol. The van der Waals surface area contributed by atoms with Gasteiger partial charge in [-0.2, -0.15) is 0 Å². The van der Waals surface area contributed by atoms with Crippen LogP contribution in [0.1, 0.15) is 6.42 Å². The largest absolute Gasteiger partial charge is 0.394 e. The molecule has 0 radical (unpaired) electrons. The predicted molar refractivity (Wildman–Crippen MR) is 34.9 cm³/mol. The maximum Gasteiger partial charge on any atom is 0.142 e. The van der Waals surface area contributed by atoms with E-state index in [1.165, 1.54) is 0 Å². The highest BCUT2D eigenvalue weighted by Crippen LogP contribution is 2.16. The highest BCUT2D eigenvalue weighted by atomic mass is 16.5. The minimum Gasteiger partial charge on any atom is -0.394 e. The van der Waals surface area contributed by atoms with Crippen LogP contribution in [-0.2, 0) is 4.74 Å². The van der Waals surface area contributed by atoms with Gasteiger partial charge in [0.05, 0.1) is 24.8 Å². The molecule has 0 amide bonds. The van der Waals surface area contributed by atoms with E-state index < -0.39 is 0 Å². The summed E-state index contributed by atoms with van der Waals surface area (Å²) < 4.78 is 5.12. The fourth-order valence-electron chi connectivity index (χ4n) is 1.03. The first-order chi connectivity index (χ1) is 4.24. The molecule has 1 fully saturated rings. The molecule has 1 saturated heterocycles. The van der Waals surface area contributed by atoms with Crippen LogP contribution in [0.2, 0.25) is 0 Å². The molecule has 1 aliphatic heterocycles. The van der Waals surface area contributed by atoms with Crippen molar-refractivity contribution in [2.24, 2.45) is 0 Å². The number of hydrogen-bond acceptors (Lipinski definition) is 3. The van der Waals surface area contributed by atoms with Crippen LogP contribution in [0.3, 0.4) is 0 Å². The molecule has 0 bridgehead atoms. The topological polar surface area (TPSA) is 49.7 Å². The van der Waals surface area contributed by atoms with Gasteiger partial charge in [0.25, 0.3) is 0 Å². The standard InChI is InChI=1S/C5H11BO3/c6-5-4(8)1-3(2-7)9-5/h3-5,7-8H,1-2,6H2/t3-,4?,5+/m0/s1. The molecule has 2 N–H and O–H groups in total. The Balaban J connectivity index is 2.35. The highest BCUT2D eigenvalue weighted by molar-refractivity contribution is 6.11. The molecular formula is C5H11BO3. The van der Waals surface area contributed by atoms with E-state index in [2.05, 4.69) is 0 Å². The lowest BCUT2D eigenvalue weighted by Crippen LogP contribution is -2.20. The fraction of sp³-hybridized carbons (Fsp3) is 1.00. The van der Waals surface area contributed by atoms with Gasteiger partial charge in [0.15, 0.2) is 0 Å². The smallest absolute Gasteiger partial charge is 0.142 e. The third-order valence-corrected chi connectivity index (χ3v) is 1.66. The Hall–Kier alpha value is -0.0551. The van der Waals surface area contributed by atoms with Crippen molar-refractivity contribution in [3.8, 4) is 0 Å². The lowest BCUT2D eigenvalue weighted by molar-refractivity contribution is 0.0307. The van der Waals surface area contributed by atoms with Gasteiger partial charge >= 0.3 is 0 Å². The molecule has 0 aromatic rings. The predicted octanol–water partition coefficient (Wildman–Crippen LogP) is -1.91. The zero-order valence-corrected chi connectivity index (χ0v) is 5.45. The van der Waals surface area contributed by atoms with Crippen LogP contribution in [-0.4, -0.2) is 42.9 Å². The van der Waals surface area contributed by atoms with E-state index in [9.17, 15) is 0 Å². The zero-order chi connectivity index (χ0) is 6.85. The Labute approximate surface area is 55.0 Å². The first-order valence-corrected chi connectivity index (χ1v) is 3.18. The van der Waals surface area contributed by atoms with E-state index in [0.717, 1.165) is 0 Å². The maximum atomic E-state index is 9.06. The summed E-state index contributed by atoms with van der Waals surface area (Å²) in [6.45, 7) is 0.0153. The molecule has 0 spiro atoms. The molecule has 52 valence electrons. The summed E-state index contributed by atoms with van der Waals surface area (Å²) in [4.78, 5) is 0. The Morgan fingerprint density at radius 2 is 2.33 bits per heavy atom. The van der Waals surface area contributed by atoms with Crippen molar-refractivity contribution in [3.05, 3.63) is 0 Å². The van der Waals surface area contributed by atoms with Gasteiger partial charge in [-0.15, -0.1) is 0 Å². The highest BCUT2D eigenvalue weighted by Gasteiger charge is 2.29. The van der Waals surface area contributed by atoms with Crippen molar-refractivity contribution in [1.82, 2.24) is 0 Å². The van der Waals surface area contributed by atoms with Gasteiger partial charge in [-0.25, -0.2) is 0 Å². The van der Waals surface area contributed by atoms with Crippen LogP contribution in [0.15, 0.2) is 0 Å². The third kappa shape index (κ3) is 1.44. The second-order valence-electron chi connectivity index (χ2n) is 2.45. The Morgan fingerprint density at radius 1 is 1.67 bits per heavy atom. The Bertz CT molecular complexity index is 88.2. The third-order valence-electron chi connectivity index (χ3n) is 1.66. The summed E-state index contributed by atoms with van der Waals surface area (Å²) in [7, 11) is 1.81. The van der Waals surface area contributed by atoms with Crippen molar-refractivity contribution in [2.75, 3.05) is 6.61 Å². The molecule has 1 heterocycles. The van der Waals surface area contributed by atoms with Crippen LogP contribution in [0.5, 0.6) is 0 Å². The van der Waals surface area contributed by atoms with E-state index in [1.807, 2.05) is 0 Å². The van der Waals surface area contributed by atoms with Gasteiger partial charge in [-0.1, -0.05) is 0 Å². The molecule has 0 saturated carbocycles. The molecule has 0 aromatic carbocycles. The van der Waals surface area contributed by atoms with Crippen molar-refractivity contribution in [2.45, 2.75) is 24.6 Å². The first kappa shape index (κ1) is 7.06. The molecule has 9 heavy (non-hydrogen) atoms. The lowest BCUT2D eigenvalue weighted by atomic mass is 9.95. The fourth-order valence-corrected chi connectivity index (χ4v) is 1.03. The molecule has 3 nitrogen and oxygen atoms in total. The van der Waals surface area contributed by atoms with Gasteiger partial charge < -0.3 is 14.9 Å². The van der Waals surface area contributed by atoms with Crippen LogP contribution in [0, 0.1) is 0 Å². The van der Waals surface area contributed by atoms with Gasteiger partial charge in [-0.3, -0.25) is 0 Å². The monoisotopic (exact) mass is 130 g/mol. The molecule has 1 unspecified atom stereocenters. The number of hydrogen-bond donors (Lipinski definition) is 2. The number of aliphatic hydroxyl groups is 2. The molecule has 1 rings (SSSR count). The molecular weight excluding hydrogens is 119 g/mol. The van der Waals surface area contributed by atoms with E-state index in [-0.39, 0.29) is 24.8 Å². The molecule has 3 atom stereocenters. The molecule has 1 aliphatic rings. The first-order valence-electron chi connectivity index (χ1n) is 3.18. The second-order valence-corrected chi connectivity index (χ2v) is 2.45. The zero-order valence-electron chi connectivity index (χ0n) is 5.45. The normalized spacial score (nSPS) is 43.6. The number of rotatable bonds is 1. The van der Waals surface area contributed by atoms with Crippen molar-refractivity contribution >= 4 is 7.85 Å². The van der Waals surface area contributed by atoms with Gasteiger partial charge in [0, 0.05) is 6.42 Å². The summed E-state index contributed by atoms with van der Waals surface area (Å²) in [6.07, 6.45) is 0.0367. The van der Waals surface area contributed by atoms with Crippen LogP contribution >= 0.6 is 0 Å². The SMILES string of the molecule is B[C@@H]1O[C@H](CO)CC1O. The van der Waals surface area contributed by atoms with E-state index in [1.54, 1.807) is 7.85 Å². The average Bonchev–Trinajstić information content (AvgIpc) is 2.13. The summed E-state index contributed by atoms with van der Waals surface area (Å²) in [5, 5.41) is 17.6.